The van der Waals surface area contributed by atoms with Crippen LogP contribution in [-0.2, 0) is 4.79 Å². The van der Waals surface area contributed by atoms with E-state index in [1.807, 2.05) is 18.2 Å². The highest BCUT2D eigenvalue weighted by atomic mass is 35.5. The van der Waals surface area contributed by atoms with Crippen molar-refractivity contribution in [2.45, 2.75) is 12.3 Å². The predicted molar refractivity (Wildman–Crippen MR) is 74.2 cm³/mol. The van der Waals surface area contributed by atoms with Gasteiger partial charge in [-0.3, -0.25) is 9.59 Å². The van der Waals surface area contributed by atoms with Crippen LogP contribution in [0.3, 0.4) is 0 Å². The van der Waals surface area contributed by atoms with Crippen LogP contribution in [0.4, 0.5) is 0 Å². The van der Waals surface area contributed by atoms with Crippen LogP contribution in [0.15, 0.2) is 30.3 Å². The summed E-state index contributed by atoms with van der Waals surface area (Å²) in [6.07, 6.45) is 0. The lowest BCUT2D eigenvalue weighted by Crippen LogP contribution is -2.52. The Morgan fingerprint density at radius 2 is 1.58 bits per heavy atom. The fourth-order valence-electron chi connectivity index (χ4n) is 2.14. The first-order chi connectivity index (χ1) is 9.09. The zero-order valence-electron chi connectivity index (χ0n) is 10.9. The van der Waals surface area contributed by atoms with Crippen LogP contribution in [0.1, 0.15) is 17.3 Å². The minimum Gasteiger partial charge on any atom is -0.338 e. The van der Waals surface area contributed by atoms with Crippen molar-refractivity contribution in [2.75, 3.05) is 26.2 Å². The Balaban J connectivity index is 1.94. The molecule has 1 aliphatic rings. The summed E-state index contributed by atoms with van der Waals surface area (Å²) in [5.41, 5.74) is 0.688. The van der Waals surface area contributed by atoms with Crippen molar-refractivity contribution in [2.24, 2.45) is 0 Å². The average Bonchev–Trinajstić information content (AvgIpc) is 2.46. The Morgan fingerprint density at radius 3 is 2.11 bits per heavy atom. The molecule has 4 nitrogen and oxygen atoms in total. The molecule has 1 aliphatic heterocycles. The Kier molecular flexibility index (Phi) is 4.43. The summed E-state index contributed by atoms with van der Waals surface area (Å²) in [7, 11) is 0. The number of alkyl halides is 1. The fraction of sp³-hybridized carbons (Fsp3) is 0.429. The van der Waals surface area contributed by atoms with Crippen LogP contribution in [0.2, 0.25) is 0 Å². The number of hydrogen-bond acceptors (Lipinski definition) is 2. The number of benzene rings is 1. The summed E-state index contributed by atoms with van der Waals surface area (Å²) >= 11 is 5.78. The SMILES string of the molecule is C[C@@H](Cl)C(=O)N1CCN(C(=O)c2ccccc2)CC1. The molecule has 1 fully saturated rings. The van der Waals surface area contributed by atoms with Crippen LogP contribution in [0.25, 0.3) is 0 Å². The second-order valence-electron chi connectivity index (χ2n) is 4.60. The monoisotopic (exact) mass is 280 g/mol. The molecule has 1 aromatic carbocycles. The molecule has 2 amide bonds. The van der Waals surface area contributed by atoms with E-state index in [9.17, 15) is 9.59 Å². The molecule has 0 unspecified atom stereocenters. The third-order valence-corrected chi connectivity index (χ3v) is 3.43. The van der Waals surface area contributed by atoms with Crippen LogP contribution < -0.4 is 0 Å². The molecule has 2 rings (SSSR count). The molecule has 1 atom stereocenters. The van der Waals surface area contributed by atoms with E-state index < -0.39 is 5.38 Å². The third kappa shape index (κ3) is 3.26. The first-order valence-electron chi connectivity index (χ1n) is 6.37. The Morgan fingerprint density at radius 1 is 1.05 bits per heavy atom. The zero-order chi connectivity index (χ0) is 13.8. The van der Waals surface area contributed by atoms with Gasteiger partial charge in [0.15, 0.2) is 0 Å². The molecular weight excluding hydrogens is 264 g/mol. The van der Waals surface area contributed by atoms with E-state index in [1.54, 1.807) is 28.9 Å². The van der Waals surface area contributed by atoms with Gasteiger partial charge in [-0.2, -0.15) is 0 Å². The second kappa shape index (κ2) is 6.06. The Bertz CT molecular complexity index is 454. The van der Waals surface area contributed by atoms with Crippen LogP contribution in [-0.4, -0.2) is 53.2 Å². The standard InChI is InChI=1S/C14H17ClN2O2/c1-11(15)13(18)16-7-9-17(10-8-16)14(19)12-5-3-2-4-6-12/h2-6,11H,7-10H2,1H3/t11-/m1/s1. The highest BCUT2D eigenvalue weighted by Gasteiger charge is 2.26. The minimum absolute atomic E-state index is 0.0200. The molecule has 1 saturated heterocycles. The number of halogens is 1. The summed E-state index contributed by atoms with van der Waals surface area (Å²) < 4.78 is 0. The largest absolute Gasteiger partial charge is 0.338 e. The van der Waals surface area contributed by atoms with Crippen molar-refractivity contribution >= 4 is 23.4 Å². The number of hydrogen-bond donors (Lipinski definition) is 0. The van der Waals surface area contributed by atoms with Gasteiger partial charge < -0.3 is 9.80 Å². The van der Waals surface area contributed by atoms with Crippen molar-refractivity contribution in [1.82, 2.24) is 9.80 Å². The summed E-state index contributed by atoms with van der Waals surface area (Å²) in [4.78, 5) is 27.4. The van der Waals surface area contributed by atoms with Gasteiger partial charge in [0.2, 0.25) is 5.91 Å². The molecule has 0 aromatic heterocycles. The number of rotatable bonds is 2. The lowest BCUT2D eigenvalue weighted by molar-refractivity contribution is -0.131. The topological polar surface area (TPSA) is 40.6 Å². The lowest BCUT2D eigenvalue weighted by atomic mass is 10.2. The maximum atomic E-state index is 12.2. The molecule has 1 aromatic rings. The molecule has 102 valence electrons. The first kappa shape index (κ1) is 13.9. The molecule has 1 heterocycles. The van der Waals surface area contributed by atoms with E-state index in [-0.39, 0.29) is 11.8 Å². The molecule has 19 heavy (non-hydrogen) atoms. The van der Waals surface area contributed by atoms with E-state index >= 15 is 0 Å². The average molecular weight is 281 g/mol. The molecule has 5 heteroatoms. The highest BCUT2D eigenvalue weighted by molar-refractivity contribution is 6.30. The minimum atomic E-state index is -0.503. The van der Waals surface area contributed by atoms with E-state index in [0.717, 1.165) is 0 Å². The summed E-state index contributed by atoms with van der Waals surface area (Å²) in [5, 5.41) is -0.503. The van der Waals surface area contributed by atoms with E-state index in [2.05, 4.69) is 0 Å². The van der Waals surface area contributed by atoms with Gasteiger partial charge in [-0.15, -0.1) is 11.6 Å². The molecule has 0 radical (unpaired) electrons. The maximum absolute atomic E-state index is 12.2. The van der Waals surface area contributed by atoms with Gasteiger partial charge in [-0.1, -0.05) is 18.2 Å². The molecule has 0 saturated carbocycles. The van der Waals surface area contributed by atoms with Crippen molar-refractivity contribution in [3.63, 3.8) is 0 Å². The van der Waals surface area contributed by atoms with Gasteiger partial charge in [0.05, 0.1) is 0 Å². The van der Waals surface area contributed by atoms with Crippen LogP contribution >= 0.6 is 11.6 Å². The third-order valence-electron chi connectivity index (χ3n) is 3.24. The predicted octanol–water partition coefficient (Wildman–Crippen LogP) is 1.60. The number of carbonyl (C=O) groups is 2. The highest BCUT2D eigenvalue weighted by Crippen LogP contribution is 2.10. The quantitative estimate of drug-likeness (QED) is 0.772. The smallest absolute Gasteiger partial charge is 0.253 e. The van der Waals surface area contributed by atoms with Gasteiger partial charge in [-0.05, 0) is 19.1 Å². The Hall–Kier alpha value is -1.55. The summed E-state index contributed by atoms with van der Waals surface area (Å²) in [5.74, 6) is -0.0416. The zero-order valence-corrected chi connectivity index (χ0v) is 11.6. The number of amides is 2. The first-order valence-corrected chi connectivity index (χ1v) is 6.80. The fourth-order valence-corrected chi connectivity index (χ4v) is 2.28. The molecule has 0 N–H and O–H groups in total. The molecular formula is C14H17ClN2O2. The summed E-state index contributed by atoms with van der Waals surface area (Å²) in [6, 6.07) is 9.20. The lowest BCUT2D eigenvalue weighted by Gasteiger charge is -2.35. The van der Waals surface area contributed by atoms with Gasteiger partial charge in [0.25, 0.3) is 5.91 Å². The number of piperazine rings is 1. The van der Waals surface area contributed by atoms with Gasteiger partial charge in [0, 0.05) is 31.7 Å². The Labute approximate surface area is 117 Å². The van der Waals surface area contributed by atoms with Gasteiger partial charge in [0.1, 0.15) is 5.38 Å². The van der Waals surface area contributed by atoms with Crippen molar-refractivity contribution in [3.8, 4) is 0 Å². The summed E-state index contributed by atoms with van der Waals surface area (Å²) in [6.45, 7) is 3.89. The maximum Gasteiger partial charge on any atom is 0.253 e. The molecule has 0 aliphatic carbocycles. The van der Waals surface area contributed by atoms with Crippen LogP contribution in [0, 0.1) is 0 Å². The van der Waals surface area contributed by atoms with E-state index in [0.29, 0.717) is 31.7 Å². The van der Waals surface area contributed by atoms with Gasteiger partial charge >= 0.3 is 0 Å². The molecule has 0 bridgehead atoms. The van der Waals surface area contributed by atoms with Crippen LogP contribution in [0.5, 0.6) is 0 Å². The van der Waals surface area contributed by atoms with Crippen molar-refractivity contribution in [3.05, 3.63) is 35.9 Å². The number of nitrogens with zero attached hydrogens (tertiary/aromatic N) is 2. The second-order valence-corrected chi connectivity index (χ2v) is 5.25. The van der Waals surface area contributed by atoms with Crippen molar-refractivity contribution < 1.29 is 9.59 Å². The van der Waals surface area contributed by atoms with Crippen molar-refractivity contribution in [1.29, 1.82) is 0 Å². The van der Waals surface area contributed by atoms with Gasteiger partial charge in [-0.25, -0.2) is 0 Å². The van der Waals surface area contributed by atoms with E-state index in [4.69, 9.17) is 11.6 Å². The normalized spacial score (nSPS) is 17.2. The number of carbonyl (C=O) groups excluding carboxylic acids is 2. The van der Waals surface area contributed by atoms with E-state index in [1.165, 1.54) is 0 Å². The molecule has 0 spiro atoms.